The zero-order valence-corrected chi connectivity index (χ0v) is 14.8. The van der Waals surface area contributed by atoms with E-state index in [1.165, 1.54) is 6.07 Å². The van der Waals surface area contributed by atoms with Crippen molar-refractivity contribution in [3.05, 3.63) is 66.6 Å². The minimum absolute atomic E-state index is 0.0173. The number of halogens is 1. The fourth-order valence-electron chi connectivity index (χ4n) is 2.50. The summed E-state index contributed by atoms with van der Waals surface area (Å²) in [5.74, 6) is -1.03. The first-order valence-corrected chi connectivity index (χ1v) is 9.11. The third-order valence-corrected chi connectivity index (χ3v) is 4.85. The van der Waals surface area contributed by atoms with Gasteiger partial charge in [-0.15, -0.1) is 11.8 Å². The molecule has 26 heavy (non-hydrogen) atoms. The second-order valence-corrected chi connectivity index (χ2v) is 6.65. The number of thioether (sulfide) groups is 1. The quantitative estimate of drug-likeness (QED) is 0.517. The molecular formula is C19H18FN3O2S. The number of benzene rings is 2. The molecule has 2 amide bonds. The van der Waals surface area contributed by atoms with Gasteiger partial charge in [0.05, 0.1) is 5.75 Å². The van der Waals surface area contributed by atoms with Crippen molar-refractivity contribution in [1.29, 1.82) is 0 Å². The molecular weight excluding hydrogens is 353 g/mol. The van der Waals surface area contributed by atoms with Crippen LogP contribution in [0.1, 0.15) is 6.42 Å². The first-order chi connectivity index (χ1) is 12.6. The number of aryl methyl sites for hydroxylation is 1. The molecule has 7 heteroatoms. The fraction of sp³-hybridized carbons (Fsp3) is 0.158. The summed E-state index contributed by atoms with van der Waals surface area (Å²) >= 11 is 1.08. The van der Waals surface area contributed by atoms with Crippen molar-refractivity contribution in [2.24, 2.45) is 0 Å². The van der Waals surface area contributed by atoms with Crippen LogP contribution >= 0.6 is 11.8 Å². The van der Waals surface area contributed by atoms with Crippen molar-refractivity contribution in [3.8, 4) is 0 Å². The summed E-state index contributed by atoms with van der Waals surface area (Å²) in [6.45, 7) is 0.513. The molecule has 2 aromatic carbocycles. The van der Waals surface area contributed by atoms with E-state index >= 15 is 0 Å². The Morgan fingerprint density at radius 1 is 0.962 bits per heavy atom. The van der Waals surface area contributed by atoms with Gasteiger partial charge in [0.25, 0.3) is 0 Å². The van der Waals surface area contributed by atoms with Crippen molar-refractivity contribution in [3.63, 3.8) is 0 Å². The lowest BCUT2D eigenvalue weighted by atomic mass is 10.2. The van der Waals surface area contributed by atoms with E-state index < -0.39 is 5.91 Å². The summed E-state index contributed by atoms with van der Waals surface area (Å²) in [7, 11) is 0. The molecule has 0 bridgehead atoms. The summed E-state index contributed by atoms with van der Waals surface area (Å²) in [5, 5.41) is 1.12. The zero-order valence-electron chi connectivity index (χ0n) is 13.9. The number of carbonyl (C=O) groups excluding carboxylic acids is 2. The second-order valence-electron chi connectivity index (χ2n) is 5.63. The predicted molar refractivity (Wildman–Crippen MR) is 100.0 cm³/mol. The van der Waals surface area contributed by atoms with Crippen molar-refractivity contribution >= 4 is 34.5 Å². The maximum Gasteiger partial charge on any atom is 0.248 e. The number of aromatic nitrogens is 1. The minimum Gasteiger partial charge on any atom is -0.347 e. The lowest BCUT2D eigenvalue weighted by Crippen LogP contribution is -2.42. The third-order valence-electron chi connectivity index (χ3n) is 3.80. The van der Waals surface area contributed by atoms with Crippen LogP contribution < -0.4 is 10.9 Å². The number of hydrogen-bond donors (Lipinski definition) is 2. The molecule has 0 spiro atoms. The molecule has 0 atom stereocenters. The maximum atomic E-state index is 13.5. The van der Waals surface area contributed by atoms with E-state index in [1.54, 1.807) is 18.2 Å². The number of rotatable bonds is 6. The van der Waals surface area contributed by atoms with Crippen LogP contribution in [0.3, 0.4) is 0 Å². The number of hydrazine groups is 1. The van der Waals surface area contributed by atoms with Crippen LogP contribution in [0.5, 0.6) is 0 Å². The molecule has 5 nitrogen and oxygen atoms in total. The Balaban J connectivity index is 1.41. The molecule has 0 radical (unpaired) electrons. The van der Waals surface area contributed by atoms with E-state index in [0.29, 0.717) is 11.4 Å². The third kappa shape index (κ3) is 4.64. The average Bonchev–Trinajstić information content (AvgIpc) is 3.07. The Morgan fingerprint density at radius 3 is 2.54 bits per heavy atom. The Hall–Kier alpha value is -2.80. The number of hydrogen-bond acceptors (Lipinski definition) is 3. The number of carbonyl (C=O) groups is 2. The van der Waals surface area contributed by atoms with E-state index in [4.69, 9.17) is 0 Å². The van der Waals surface area contributed by atoms with Crippen molar-refractivity contribution in [2.45, 2.75) is 17.9 Å². The van der Waals surface area contributed by atoms with Gasteiger partial charge in [0.15, 0.2) is 0 Å². The van der Waals surface area contributed by atoms with Gasteiger partial charge in [0, 0.05) is 29.6 Å². The number of para-hydroxylation sites is 1. The van der Waals surface area contributed by atoms with Gasteiger partial charge in [0.1, 0.15) is 5.82 Å². The van der Waals surface area contributed by atoms with Gasteiger partial charge in [-0.3, -0.25) is 20.4 Å². The first kappa shape index (κ1) is 18.0. The topological polar surface area (TPSA) is 63.1 Å². The van der Waals surface area contributed by atoms with Gasteiger partial charge < -0.3 is 4.57 Å². The average molecular weight is 371 g/mol. The van der Waals surface area contributed by atoms with Crippen LogP contribution in [-0.2, 0) is 16.1 Å². The molecule has 0 aliphatic rings. The van der Waals surface area contributed by atoms with E-state index in [0.717, 1.165) is 22.7 Å². The lowest BCUT2D eigenvalue weighted by Gasteiger charge is -2.09. The normalized spacial score (nSPS) is 10.7. The monoisotopic (exact) mass is 371 g/mol. The summed E-state index contributed by atoms with van der Waals surface area (Å²) in [6.07, 6.45) is 2.17. The number of nitrogens with zero attached hydrogens (tertiary/aromatic N) is 1. The summed E-state index contributed by atoms with van der Waals surface area (Å²) in [4.78, 5) is 24.1. The Morgan fingerprint density at radius 2 is 1.69 bits per heavy atom. The smallest absolute Gasteiger partial charge is 0.248 e. The SMILES string of the molecule is O=C(CCn1ccc2ccccc21)NNC(=O)CSc1ccccc1F. The van der Waals surface area contributed by atoms with Gasteiger partial charge in [-0.05, 0) is 29.7 Å². The Bertz CT molecular complexity index is 926. The molecule has 0 saturated heterocycles. The van der Waals surface area contributed by atoms with E-state index in [1.807, 2.05) is 41.1 Å². The van der Waals surface area contributed by atoms with Gasteiger partial charge in [-0.2, -0.15) is 0 Å². The molecule has 134 valence electrons. The van der Waals surface area contributed by atoms with Crippen LogP contribution in [0.4, 0.5) is 4.39 Å². The molecule has 0 saturated carbocycles. The largest absolute Gasteiger partial charge is 0.347 e. The highest BCUT2D eigenvalue weighted by molar-refractivity contribution is 8.00. The van der Waals surface area contributed by atoms with Crippen LogP contribution in [0, 0.1) is 5.82 Å². The van der Waals surface area contributed by atoms with Gasteiger partial charge in [-0.1, -0.05) is 30.3 Å². The van der Waals surface area contributed by atoms with Crippen molar-refractivity contribution in [2.75, 3.05) is 5.75 Å². The Labute approximate surface area is 154 Å². The summed E-state index contributed by atoms with van der Waals surface area (Å²) in [5.41, 5.74) is 5.79. The standard InChI is InChI=1S/C19H18FN3O2S/c20-15-6-2-4-8-17(15)26-13-19(25)22-21-18(24)10-12-23-11-9-14-5-1-3-7-16(14)23/h1-9,11H,10,12-13H2,(H,21,24)(H,22,25). The highest BCUT2D eigenvalue weighted by Crippen LogP contribution is 2.20. The van der Waals surface area contributed by atoms with Gasteiger partial charge in [-0.25, -0.2) is 4.39 Å². The highest BCUT2D eigenvalue weighted by atomic mass is 32.2. The van der Waals surface area contributed by atoms with Gasteiger partial charge >= 0.3 is 0 Å². The minimum atomic E-state index is -0.391. The van der Waals surface area contributed by atoms with Crippen molar-refractivity contribution in [1.82, 2.24) is 15.4 Å². The molecule has 3 aromatic rings. The van der Waals surface area contributed by atoms with Gasteiger partial charge in [0.2, 0.25) is 11.8 Å². The van der Waals surface area contributed by atoms with Crippen LogP contribution in [0.25, 0.3) is 10.9 Å². The molecule has 0 aliphatic heterocycles. The van der Waals surface area contributed by atoms with Crippen LogP contribution in [-0.4, -0.2) is 22.1 Å². The Kier molecular flexibility index (Phi) is 5.91. The molecule has 2 N–H and O–H groups in total. The molecule has 0 unspecified atom stereocenters. The lowest BCUT2D eigenvalue weighted by molar-refractivity contribution is -0.127. The number of nitrogens with one attached hydrogen (secondary N) is 2. The molecule has 1 aromatic heterocycles. The first-order valence-electron chi connectivity index (χ1n) is 8.12. The van der Waals surface area contributed by atoms with Crippen molar-refractivity contribution < 1.29 is 14.0 Å². The molecule has 3 rings (SSSR count). The zero-order chi connectivity index (χ0) is 18.4. The summed E-state index contributed by atoms with van der Waals surface area (Å²) < 4.78 is 15.5. The maximum absolute atomic E-state index is 13.5. The van der Waals surface area contributed by atoms with Crippen LogP contribution in [0.15, 0.2) is 65.7 Å². The summed E-state index contributed by atoms with van der Waals surface area (Å²) in [6, 6.07) is 16.2. The van der Waals surface area contributed by atoms with E-state index in [-0.39, 0.29) is 23.9 Å². The van der Waals surface area contributed by atoms with Crippen LogP contribution in [0.2, 0.25) is 0 Å². The predicted octanol–water partition coefficient (Wildman–Crippen LogP) is 3.11. The van der Waals surface area contributed by atoms with E-state index in [9.17, 15) is 14.0 Å². The fourth-order valence-corrected chi connectivity index (χ4v) is 3.24. The highest BCUT2D eigenvalue weighted by Gasteiger charge is 2.08. The second kappa shape index (κ2) is 8.53. The number of fused-ring (bicyclic) bond motifs is 1. The number of amides is 2. The molecule has 0 aliphatic carbocycles. The molecule has 0 fully saturated rings. The molecule has 1 heterocycles. The van der Waals surface area contributed by atoms with E-state index in [2.05, 4.69) is 10.9 Å².